The molecule has 0 fully saturated rings. The Morgan fingerprint density at radius 1 is 1.31 bits per heavy atom. The van der Waals surface area contributed by atoms with E-state index in [1.165, 1.54) is 0 Å². The zero-order valence-electron chi connectivity index (χ0n) is 13.6. The van der Waals surface area contributed by atoms with Gasteiger partial charge in [-0.2, -0.15) is 10.2 Å². The first kappa shape index (κ1) is 15.9. The van der Waals surface area contributed by atoms with E-state index in [-0.39, 0.29) is 5.28 Å². The molecule has 0 aliphatic carbocycles. The number of nitrogens with one attached hydrogen (secondary N) is 1. The number of hydrogen-bond acceptors (Lipinski definition) is 6. The molecule has 3 heterocycles. The van der Waals surface area contributed by atoms with Gasteiger partial charge in [-0.05, 0) is 35.9 Å². The summed E-state index contributed by atoms with van der Waals surface area (Å²) in [5.41, 5.74) is 2.03. The zero-order valence-corrected chi connectivity index (χ0v) is 14.3. The maximum Gasteiger partial charge on any atom is 0.243 e. The summed E-state index contributed by atoms with van der Waals surface area (Å²) in [7, 11) is 1.56. The fourth-order valence-electron chi connectivity index (χ4n) is 2.56. The first-order chi connectivity index (χ1) is 12.7. The second kappa shape index (κ2) is 6.38. The number of ether oxygens (including phenoxy) is 1. The summed E-state index contributed by atoms with van der Waals surface area (Å²) >= 11 is 5.96. The van der Waals surface area contributed by atoms with E-state index in [9.17, 15) is 0 Å². The smallest absolute Gasteiger partial charge is 0.243 e. The summed E-state index contributed by atoms with van der Waals surface area (Å²) in [5, 5.41) is 16.5. The van der Waals surface area contributed by atoms with Gasteiger partial charge < -0.3 is 14.6 Å². The number of imidazole rings is 1. The van der Waals surface area contributed by atoms with Crippen LogP contribution in [0.3, 0.4) is 0 Å². The fraction of sp³-hybridized carbons (Fsp3) is 0.0588. The van der Waals surface area contributed by atoms with Crippen molar-refractivity contribution in [2.45, 2.75) is 0 Å². The van der Waals surface area contributed by atoms with Gasteiger partial charge in [0.2, 0.25) is 5.28 Å². The highest BCUT2D eigenvalue weighted by Crippen LogP contribution is 2.23. The number of aromatic nitrogens is 5. The minimum absolute atomic E-state index is 0.127. The Balaban J connectivity index is 1.68. The normalized spacial score (nSPS) is 10.7. The lowest BCUT2D eigenvalue weighted by molar-refractivity contribution is 0.414. The van der Waals surface area contributed by atoms with E-state index < -0.39 is 0 Å². The zero-order chi connectivity index (χ0) is 18.1. The lowest BCUT2D eigenvalue weighted by Crippen LogP contribution is -2.01. The van der Waals surface area contributed by atoms with Gasteiger partial charge in [-0.1, -0.05) is 0 Å². The number of fused-ring (bicyclic) bond motifs is 1. The molecule has 0 bridgehead atoms. The van der Waals surface area contributed by atoms with Gasteiger partial charge in [0.25, 0.3) is 0 Å². The SMILES string of the molecule is COc1cc(C#N)cc(-n2cnc(Nc3nc(Cl)nn4cccc34)c2)c1. The molecule has 3 aromatic heterocycles. The molecule has 1 N–H and O–H groups in total. The summed E-state index contributed by atoms with van der Waals surface area (Å²) in [5.74, 6) is 1.72. The predicted molar refractivity (Wildman–Crippen MR) is 96.1 cm³/mol. The molecule has 0 atom stereocenters. The van der Waals surface area contributed by atoms with Crippen molar-refractivity contribution in [1.82, 2.24) is 24.1 Å². The number of nitriles is 1. The monoisotopic (exact) mass is 365 g/mol. The second-order valence-electron chi connectivity index (χ2n) is 5.39. The van der Waals surface area contributed by atoms with Gasteiger partial charge in [0.1, 0.15) is 23.4 Å². The molecule has 4 rings (SSSR count). The fourth-order valence-corrected chi connectivity index (χ4v) is 2.73. The molecular weight excluding hydrogens is 354 g/mol. The molecule has 0 aliphatic heterocycles. The van der Waals surface area contributed by atoms with E-state index >= 15 is 0 Å². The van der Waals surface area contributed by atoms with E-state index in [1.54, 1.807) is 47.0 Å². The minimum Gasteiger partial charge on any atom is -0.497 e. The molecule has 128 valence electrons. The van der Waals surface area contributed by atoms with E-state index in [0.717, 1.165) is 11.2 Å². The molecule has 0 saturated carbocycles. The highest BCUT2D eigenvalue weighted by atomic mass is 35.5. The Morgan fingerprint density at radius 3 is 3.00 bits per heavy atom. The van der Waals surface area contributed by atoms with Crippen molar-refractivity contribution in [2.24, 2.45) is 0 Å². The van der Waals surface area contributed by atoms with Crippen molar-refractivity contribution in [3.8, 4) is 17.5 Å². The molecular formula is C17H12ClN7O. The van der Waals surface area contributed by atoms with Crippen molar-refractivity contribution in [2.75, 3.05) is 12.4 Å². The second-order valence-corrected chi connectivity index (χ2v) is 5.73. The number of halogens is 1. The predicted octanol–water partition coefficient (Wildman–Crippen LogP) is 3.19. The summed E-state index contributed by atoms with van der Waals surface area (Å²) in [6.07, 6.45) is 5.20. The third-order valence-electron chi connectivity index (χ3n) is 3.75. The highest BCUT2D eigenvalue weighted by molar-refractivity contribution is 6.28. The average molecular weight is 366 g/mol. The summed E-state index contributed by atoms with van der Waals surface area (Å²) < 4.78 is 8.66. The van der Waals surface area contributed by atoms with E-state index in [1.807, 2.05) is 18.2 Å². The van der Waals surface area contributed by atoms with Crippen molar-refractivity contribution in [1.29, 1.82) is 5.26 Å². The van der Waals surface area contributed by atoms with Crippen LogP contribution in [0.2, 0.25) is 5.28 Å². The number of methoxy groups -OCH3 is 1. The standard InChI is InChI=1S/C17H12ClN7O/c1-26-13-6-11(8-19)5-12(7-13)24-9-15(20-10-24)21-16-14-3-2-4-25(14)23-17(18)22-16/h2-7,9-10H,1H3,(H,21,22,23). The van der Waals surface area contributed by atoms with Crippen LogP contribution >= 0.6 is 11.6 Å². The van der Waals surface area contributed by atoms with Gasteiger partial charge in [-0.3, -0.25) is 0 Å². The summed E-state index contributed by atoms with van der Waals surface area (Å²) in [6.45, 7) is 0. The Hall–Kier alpha value is -3.57. The highest BCUT2D eigenvalue weighted by Gasteiger charge is 2.10. The van der Waals surface area contributed by atoms with Crippen molar-refractivity contribution in [3.05, 3.63) is 59.9 Å². The molecule has 0 aliphatic rings. The van der Waals surface area contributed by atoms with Gasteiger partial charge in [0, 0.05) is 12.3 Å². The molecule has 0 amide bonds. The molecule has 9 heteroatoms. The first-order valence-electron chi connectivity index (χ1n) is 7.58. The Labute approximate surface area is 153 Å². The van der Waals surface area contributed by atoms with Gasteiger partial charge in [0.15, 0.2) is 5.82 Å². The quantitative estimate of drug-likeness (QED) is 0.597. The molecule has 0 unspecified atom stereocenters. The van der Waals surface area contributed by atoms with Crippen molar-refractivity contribution >= 4 is 28.8 Å². The third kappa shape index (κ3) is 2.92. The number of nitrogens with zero attached hydrogens (tertiary/aromatic N) is 6. The largest absolute Gasteiger partial charge is 0.497 e. The van der Waals surface area contributed by atoms with Crippen LogP contribution in [-0.2, 0) is 0 Å². The van der Waals surface area contributed by atoms with Gasteiger partial charge in [0.05, 0.1) is 30.6 Å². The number of rotatable bonds is 4. The molecule has 4 aromatic rings. The van der Waals surface area contributed by atoms with Crippen LogP contribution in [0.15, 0.2) is 49.1 Å². The van der Waals surface area contributed by atoms with Crippen LogP contribution in [0.4, 0.5) is 11.6 Å². The van der Waals surface area contributed by atoms with Gasteiger partial charge in [-0.15, -0.1) is 5.10 Å². The van der Waals surface area contributed by atoms with Gasteiger partial charge in [-0.25, -0.2) is 9.50 Å². The summed E-state index contributed by atoms with van der Waals surface area (Å²) in [6, 6.07) is 11.1. The topological polar surface area (TPSA) is 93.1 Å². The van der Waals surface area contributed by atoms with Crippen LogP contribution in [0, 0.1) is 11.3 Å². The average Bonchev–Trinajstić information content (AvgIpc) is 3.30. The van der Waals surface area contributed by atoms with Crippen LogP contribution < -0.4 is 10.1 Å². The molecule has 8 nitrogen and oxygen atoms in total. The van der Waals surface area contributed by atoms with E-state index in [4.69, 9.17) is 21.6 Å². The lowest BCUT2D eigenvalue weighted by atomic mass is 10.2. The number of benzene rings is 1. The third-order valence-corrected chi connectivity index (χ3v) is 3.91. The number of anilines is 2. The molecule has 0 spiro atoms. The Morgan fingerprint density at radius 2 is 2.19 bits per heavy atom. The van der Waals surface area contributed by atoms with Gasteiger partial charge >= 0.3 is 0 Å². The molecule has 0 radical (unpaired) electrons. The van der Waals surface area contributed by atoms with Crippen molar-refractivity contribution in [3.63, 3.8) is 0 Å². The number of hydrogen-bond donors (Lipinski definition) is 1. The molecule has 0 saturated heterocycles. The van der Waals surface area contributed by atoms with Crippen LogP contribution in [0.25, 0.3) is 11.2 Å². The van der Waals surface area contributed by atoms with Crippen LogP contribution in [-0.4, -0.2) is 31.3 Å². The Bertz CT molecular complexity index is 1140. The minimum atomic E-state index is 0.127. The molecule has 1 aromatic carbocycles. The van der Waals surface area contributed by atoms with Crippen LogP contribution in [0.5, 0.6) is 5.75 Å². The maximum atomic E-state index is 9.16. The van der Waals surface area contributed by atoms with Crippen LogP contribution in [0.1, 0.15) is 5.56 Å². The van der Waals surface area contributed by atoms with E-state index in [2.05, 4.69) is 26.5 Å². The van der Waals surface area contributed by atoms with Crippen molar-refractivity contribution < 1.29 is 4.74 Å². The Kier molecular flexibility index (Phi) is 3.91. The summed E-state index contributed by atoms with van der Waals surface area (Å²) in [4.78, 5) is 8.55. The first-order valence-corrected chi connectivity index (χ1v) is 7.95. The molecule has 26 heavy (non-hydrogen) atoms. The maximum absolute atomic E-state index is 9.16. The van der Waals surface area contributed by atoms with E-state index in [0.29, 0.717) is 22.9 Å². The lowest BCUT2D eigenvalue weighted by Gasteiger charge is -2.07.